The molecule has 24 heavy (non-hydrogen) atoms. The van der Waals surface area contributed by atoms with Crippen LogP contribution in [0.15, 0.2) is 48.7 Å². The molecule has 1 N–H and O–H groups in total. The molecule has 0 atom stereocenters. The van der Waals surface area contributed by atoms with Gasteiger partial charge in [-0.1, -0.05) is 43.1 Å². The minimum Gasteiger partial charge on any atom is -0.296 e. The smallest absolute Gasteiger partial charge is 0.276 e. The fourth-order valence-corrected chi connectivity index (χ4v) is 3.50. The van der Waals surface area contributed by atoms with Crippen LogP contribution in [0.3, 0.4) is 0 Å². The van der Waals surface area contributed by atoms with Gasteiger partial charge in [-0.05, 0) is 30.7 Å². The van der Waals surface area contributed by atoms with E-state index in [2.05, 4.69) is 22.2 Å². The summed E-state index contributed by atoms with van der Waals surface area (Å²) in [5, 5.41) is 4.11. The molecule has 6 heteroatoms. The Morgan fingerprint density at radius 2 is 2.00 bits per heavy atom. The molecule has 3 rings (SSSR count). The highest BCUT2D eigenvalue weighted by Gasteiger charge is 2.15. The number of nitrogens with one attached hydrogen (secondary N) is 1. The van der Waals surface area contributed by atoms with Crippen molar-refractivity contribution in [3.8, 4) is 11.3 Å². The predicted molar refractivity (Wildman–Crippen MR) is 98.7 cm³/mol. The summed E-state index contributed by atoms with van der Waals surface area (Å²) < 4.78 is 0. The number of hydrogen-bond acceptors (Lipinski definition) is 4. The molecule has 0 fully saturated rings. The first kappa shape index (κ1) is 16.6. The molecule has 0 radical (unpaired) electrons. The standard InChI is InChI=1S/C18H16ClN3OS/c1-2-5-15-16(12-7-9-13(19)10-8-12)21-18(24-15)22-17(23)14-6-3-4-11-20-14/h3-4,6-11H,2,5H2,1H3,(H,21,22,23). The molecule has 0 saturated carbocycles. The quantitative estimate of drug-likeness (QED) is 0.694. The lowest BCUT2D eigenvalue weighted by atomic mass is 10.1. The molecule has 122 valence electrons. The van der Waals surface area contributed by atoms with Crippen molar-refractivity contribution in [2.75, 3.05) is 5.32 Å². The third-order valence-electron chi connectivity index (χ3n) is 3.41. The second kappa shape index (κ2) is 7.55. The first-order valence-electron chi connectivity index (χ1n) is 7.65. The summed E-state index contributed by atoms with van der Waals surface area (Å²) in [7, 11) is 0. The van der Waals surface area contributed by atoms with E-state index in [1.165, 1.54) is 11.3 Å². The van der Waals surface area contributed by atoms with Crippen molar-refractivity contribution in [1.29, 1.82) is 0 Å². The number of halogens is 1. The van der Waals surface area contributed by atoms with Gasteiger partial charge < -0.3 is 0 Å². The average molecular weight is 358 g/mol. The maximum atomic E-state index is 12.2. The molecule has 3 aromatic rings. The molecule has 0 unspecified atom stereocenters. The van der Waals surface area contributed by atoms with Gasteiger partial charge >= 0.3 is 0 Å². The van der Waals surface area contributed by atoms with Gasteiger partial charge in [-0.2, -0.15) is 0 Å². The maximum absolute atomic E-state index is 12.2. The van der Waals surface area contributed by atoms with Crippen LogP contribution >= 0.6 is 22.9 Å². The number of carbonyl (C=O) groups excluding carboxylic acids is 1. The van der Waals surface area contributed by atoms with Gasteiger partial charge in [-0.3, -0.25) is 15.1 Å². The summed E-state index contributed by atoms with van der Waals surface area (Å²) in [6, 6.07) is 12.8. The fourth-order valence-electron chi connectivity index (χ4n) is 2.29. The summed E-state index contributed by atoms with van der Waals surface area (Å²) in [5.74, 6) is -0.255. The Labute approximate surface area is 149 Å². The molecule has 4 nitrogen and oxygen atoms in total. The van der Waals surface area contributed by atoms with Crippen LogP contribution in [0.4, 0.5) is 5.13 Å². The Morgan fingerprint density at radius 3 is 2.67 bits per heavy atom. The molecule has 0 spiro atoms. The van der Waals surface area contributed by atoms with Gasteiger partial charge in [0.15, 0.2) is 5.13 Å². The number of rotatable bonds is 5. The van der Waals surface area contributed by atoms with Crippen LogP contribution in [0.5, 0.6) is 0 Å². The Kier molecular flexibility index (Phi) is 5.23. The zero-order valence-corrected chi connectivity index (χ0v) is 14.7. The van der Waals surface area contributed by atoms with E-state index in [1.807, 2.05) is 24.3 Å². The maximum Gasteiger partial charge on any atom is 0.276 e. The van der Waals surface area contributed by atoms with Crippen molar-refractivity contribution >= 4 is 34.0 Å². The van der Waals surface area contributed by atoms with E-state index in [-0.39, 0.29) is 5.91 Å². The number of carbonyl (C=O) groups is 1. The molecule has 0 aliphatic heterocycles. The monoisotopic (exact) mass is 357 g/mol. The van der Waals surface area contributed by atoms with Gasteiger partial charge in [-0.25, -0.2) is 4.98 Å². The van der Waals surface area contributed by atoms with Crippen molar-refractivity contribution in [3.05, 3.63) is 64.3 Å². The summed E-state index contributed by atoms with van der Waals surface area (Å²) in [5.41, 5.74) is 2.27. The number of anilines is 1. The largest absolute Gasteiger partial charge is 0.296 e. The lowest BCUT2D eigenvalue weighted by molar-refractivity contribution is 0.102. The third kappa shape index (κ3) is 3.80. The van der Waals surface area contributed by atoms with E-state index in [9.17, 15) is 4.79 Å². The van der Waals surface area contributed by atoms with Crippen molar-refractivity contribution < 1.29 is 4.79 Å². The van der Waals surface area contributed by atoms with Crippen LogP contribution in [0, 0.1) is 0 Å². The fraction of sp³-hybridized carbons (Fsp3) is 0.167. The van der Waals surface area contributed by atoms with E-state index < -0.39 is 0 Å². The molecular weight excluding hydrogens is 342 g/mol. The second-order valence-electron chi connectivity index (χ2n) is 5.22. The Hall–Kier alpha value is -2.24. The topological polar surface area (TPSA) is 54.9 Å². The lowest BCUT2D eigenvalue weighted by Gasteiger charge is -2.01. The van der Waals surface area contributed by atoms with Crippen molar-refractivity contribution in [2.24, 2.45) is 0 Å². The molecule has 0 saturated heterocycles. The lowest BCUT2D eigenvalue weighted by Crippen LogP contribution is -2.13. The summed E-state index contributed by atoms with van der Waals surface area (Å²) >= 11 is 7.46. The van der Waals surface area contributed by atoms with Crippen LogP contribution in [0.1, 0.15) is 28.7 Å². The summed E-state index contributed by atoms with van der Waals surface area (Å²) in [6.07, 6.45) is 3.52. The van der Waals surface area contributed by atoms with Gasteiger partial charge in [0, 0.05) is 21.7 Å². The number of pyridine rings is 1. The van der Waals surface area contributed by atoms with Crippen LogP contribution in [0.25, 0.3) is 11.3 Å². The van der Waals surface area contributed by atoms with E-state index in [1.54, 1.807) is 24.4 Å². The number of benzene rings is 1. The first-order chi connectivity index (χ1) is 11.7. The number of aromatic nitrogens is 2. The third-order valence-corrected chi connectivity index (χ3v) is 4.69. The molecule has 2 aromatic heterocycles. The number of amides is 1. The predicted octanol–water partition coefficient (Wildman–Crippen LogP) is 5.06. The summed E-state index contributed by atoms with van der Waals surface area (Å²) in [4.78, 5) is 22.1. The molecule has 0 aliphatic rings. The zero-order chi connectivity index (χ0) is 16.9. The van der Waals surface area contributed by atoms with E-state index in [0.717, 1.165) is 29.0 Å². The van der Waals surface area contributed by atoms with Crippen LogP contribution in [-0.2, 0) is 6.42 Å². The SMILES string of the molecule is CCCc1sc(NC(=O)c2ccccn2)nc1-c1ccc(Cl)cc1. The van der Waals surface area contributed by atoms with E-state index in [0.29, 0.717) is 15.8 Å². The van der Waals surface area contributed by atoms with Crippen molar-refractivity contribution in [1.82, 2.24) is 9.97 Å². The zero-order valence-electron chi connectivity index (χ0n) is 13.1. The average Bonchev–Trinajstić information content (AvgIpc) is 2.99. The molecule has 0 bridgehead atoms. The Balaban J connectivity index is 1.88. The van der Waals surface area contributed by atoms with E-state index in [4.69, 9.17) is 11.6 Å². The molecule has 1 amide bonds. The van der Waals surface area contributed by atoms with Crippen LogP contribution in [0.2, 0.25) is 5.02 Å². The molecule has 1 aromatic carbocycles. The van der Waals surface area contributed by atoms with Gasteiger partial charge in [0.1, 0.15) is 5.69 Å². The molecule has 2 heterocycles. The van der Waals surface area contributed by atoms with Crippen LogP contribution in [-0.4, -0.2) is 15.9 Å². The second-order valence-corrected chi connectivity index (χ2v) is 6.74. The minimum atomic E-state index is -0.255. The normalized spacial score (nSPS) is 10.6. The van der Waals surface area contributed by atoms with Gasteiger partial charge in [-0.15, -0.1) is 11.3 Å². The first-order valence-corrected chi connectivity index (χ1v) is 8.85. The van der Waals surface area contributed by atoms with Crippen LogP contribution < -0.4 is 5.32 Å². The number of hydrogen-bond donors (Lipinski definition) is 1. The number of nitrogens with zero attached hydrogens (tertiary/aromatic N) is 2. The van der Waals surface area contributed by atoms with E-state index >= 15 is 0 Å². The van der Waals surface area contributed by atoms with Gasteiger partial charge in [0.2, 0.25) is 0 Å². The highest BCUT2D eigenvalue weighted by Crippen LogP contribution is 2.32. The summed E-state index contributed by atoms with van der Waals surface area (Å²) in [6.45, 7) is 2.12. The Morgan fingerprint density at radius 1 is 1.21 bits per heavy atom. The van der Waals surface area contributed by atoms with Crippen molar-refractivity contribution in [2.45, 2.75) is 19.8 Å². The van der Waals surface area contributed by atoms with Crippen molar-refractivity contribution in [3.63, 3.8) is 0 Å². The Bertz CT molecular complexity index is 831. The highest BCUT2D eigenvalue weighted by molar-refractivity contribution is 7.16. The molecular formula is C18H16ClN3OS. The highest BCUT2D eigenvalue weighted by atomic mass is 35.5. The molecule has 0 aliphatic carbocycles. The number of aryl methyl sites for hydroxylation is 1. The number of thiazole rings is 1. The van der Waals surface area contributed by atoms with Gasteiger partial charge in [0.25, 0.3) is 5.91 Å². The minimum absolute atomic E-state index is 0.255. The van der Waals surface area contributed by atoms with Gasteiger partial charge in [0.05, 0.1) is 5.69 Å².